The molecule has 2 amide bonds. The molecule has 10 heteroatoms. The molecule has 10 nitrogen and oxygen atoms in total. The van der Waals surface area contributed by atoms with Crippen molar-refractivity contribution in [3.05, 3.63) is 48.7 Å². The summed E-state index contributed by atoms with van der Waals surface area (Å²) in [5, 5.41) is 14.3. The SMILES string of the molecule is C=Cc1cc2c(O[C@@H]3C[C@H]4C(=O)N[C@]5(C(=O)O)C[C@H]5/C=C\CCCCC[C@H](N)C(=O)N4C3)nccc2cc1OC. The third kappa shape index (κ3) is 5.28. The zero-order valence-corrected chi connectivity index (χ0v) is 22.7. The molecule has 3 aliphatic rings. The maximum Gasteiger partial charge on any atom is 0.330 e. The van der Waals surface area contributed by atoms with Gasteiger partial charge in [0, 0.05) is 29.5 Å². The van der Waals surface area contributed by atoms with Crippen molar-refractivity contribution in [3.63, 3.8) is 0 Å². The van der Waals surface area contributed by atoms with Crippen LogP contribution in [0.4, 0.5) is 0 Å². The number of amides is 2. The van der Waals surface area contributed by atoms with Crippen molar-refractivity contribution in [2.45, 2.75) is 68.7 Å². The summed E-state index contributed by atoms with van der Waals surface area (Å²) in [5.41, 5.74) is 5.71. The van der Waals surface area contributed by atoms with Gasteiger partial charge in [-0.2, -0.15) is 0 Å². The Kier molecular flexibility index (Phi) is 7.80. The van der Waals surface area contributed by atoms with E-state index >= 15 is 0 Å². The maximum absolute atomic E-state index is 13.6. The molecule has 1 aliphatic carbocycles. The molecule has 5 rings (SSSR count). The summed E-state index contributed by atoms with van der Waals surface area (Å²) < 4.78 is 11.8. The number of benzene rings is 1. The molecule has 1 saturated heterocycles. The number of carbonyl (C=O) groups excluding carboxylic acids is 2. The van der Waals surface area contributed by atoms with Gasteiger partial charge in [0.2, 0.25) is 17.7 Å². The first kappa shape index (κ1) is 27.6. The number of nitrogens with one attached hydrogen (secondary N) is 1. The third-order valence-corrected chi connectivity index (χ3v) is 8.24. The van der Waals surface area contributed by atoms with Crippen LogP contribution in [0.3, 0.4) is 0 Å². The molecule has 0 radical (unpaired) electrons. The Morgan fingerprint density at radius 1 is 1.30 bits per heavy atom. The van der Waals surface area contributed by atoms with E-state index in [1.807, 2.05) is 30.4 Å². The molecule has 0 unspecified atom stereocenters. The average molecular weight is 549 g/mol. The number of pyridine rings is 1. The predicted octanol–water partition coefficient (Wildman–Crippen LogP) is 3.04. The van der Waals surface area contributed by atoms with Gasteiger partial charge < -0.3 is 30.5 Å². The first-order chi connectivity index (χ1) is 19.3. The average Bonchev–Trinajstić information content (AvgIpc) is 3.48. The minimum Gasteiger partial charge on any atom is -0.496 e. The summed E-state index contributed by atoms with van der Waals surface area (Å²) in [6.45, 7) is 3.99. The van der Waals surface area contributed by atoms with Gasteiger partial charge in [-0.3, -0.25) is 9.59 Å². The highest BCUT2D eigenvalue weighted by molar-refractivity contribution is 5.95. The van der Waals surface area contributed by atoms with Crippen LogP contribution >= 0.6 is 0 Å². The van der Waals surface area contributed by atoms with Crippen molar-refractivity contribution < 1.29 is 29.0 Å². The summed E-state index contributed by atoms with van der Waals surface area (Å²) in [6.07, 6.45) is 11.1. The zero-order valence-electron chi connectivity index (χ0n) is 22.7. The van der Waals surface area contributed by atoms with Crippen LogP contribution in [0.25, 0.3) is 16.8 Å². The van der Waals surface area contributed by atoms with Crippen LogP contribution in [0, 0.1) is 5.92 Å². The van der Waals surface area contributed by atoms with Crippen LogP contribution in [0.2, 0.25) is 0 Å². The van der Waals surface area contributed by atoms with Gasteiger partial charge in [0.25, 0.3) is 0 Å². The zero-order chi connectivity index (χ0) is 28.4. The standard InChI is InChI=1S/C30H36N4O6/c1-3-18-13-22-19(14-25(18)39-2)11-12-32-27(22)40-21-15-24-26(35)33-30(29(37)38)16-20(30)9-7-5-4-6-8-10-23(31)28(36)34(24)17-21/h3,7,9,11-14,20-21,23-24H,1,4-6,8,10,15-17,31H2,2H3,(H,33,35)(H,37,38)/b9-7-/t20-,21-,23+,24+,30-/m1/s1. The number of nitrogens with zero attached hydrogens (tertiary/aromatic N) is 2. The second-order valence-corrected chi connectivity index (χ2v) is 10.9. The van der Waals surface area contributed by atoms with Gasteiger partial charge in [-0.25, -0.2) is 9.78 Å². The van der Waals surface area contributed by atoms with Gasteiger partial charge in [-0.15, -0.1) is 0 Å². The predicted molar refractivity (Wildman–Crippen MR) is 150 cm³/mol. The van der Waals surface area contributed by atoms with E-state index in [4.69, 9.17) is 15.2 Å². The van der Waals surface area contributed by atoms with Crippen molar-refractivity contribution in [1.29, 1.82) is 0 Å². The molecule has 3 heterocycles. The molecule has 1 aromatic carbocycles. The number of carboxylic acids is 1. The molecule has 40 heavy (non-hydrogen) atoms. The highest BCUT2D eigenvalue weighted by atomic mass is 16.5. The van der Waals surface area contributed by atoms with Crippen LogP contribution in [0.1, 0.15) is 50.5 Å². The normalized spacial score (nSPS) is 29.8. The first-order valence-electron chi connectivity index (χ1n) is 13.8. The van der Waals surface area contributed by atoms with Gasteiger partial charge in [0.15, 0.2) is 0 Å². The molecule has 1 saturated carbocycles. The van der Waals surface area contributed by atoms with Gasteiger partial charge in [-0.05, 0) is 49.3 Å². The van der Waals surface area contributed by atoms with Crippen LogP contribution in [0.15, 0.2) is 43.1 Å². The van der Waals surface area contributed by atoms with E-state index in [9.17, 15) is 19.5 Å². The lowest BCUT2D eigenvalue weighted by Crippen LogP contribution is -2.55. The second-order valence-electron chi connectivity index (χ2n) is 10.9. The molecule has 212 valence electrons. The lowest BCUT2D eigenvalue weighted by atomic mass is 10.1. The van der Waals surface area contributed by atoms with Gasteiger partial charge in [0.1, 0.15) is 23.4 Å². The monoisotopic (exact) mass is 548 g/mol. The minimum atomic E-state index is -1.36. The molecule has 4 N–H and O–H groups in total. The smallest absolute Gasteiger partial charge is 0.330 e. The van der Waals surface area contributed by atoms with E-state index in [0.717, 1.165) is 42.0 Å². The van der Waals surface area contributed by atoms with Crippen LogP contribution in [0.5, 0.6) is 11.6 Å². The molecule has 2 aromatic rings. The number of methoxy groups -OCH3 is 1. The summed E-state index contributed by atoms with van der Waals surface area (Å²) in [5.74, 6) is -1.17. The van der Waals surface area contributed by atoms with E-state index in [0.29, 0.717) is 24.5 Å². The Balaban J connectivity index is 1.43. The highest BCUT2D eigenvalue weighted by Gasteiger charge is 2.61. The number of nitrogens with two attached hydrogens (primary N) is 1. The number of hydrogen-bond acceptors (Lipinski definition) is 7. The number of ether oxygens (including phenoxy) is 2. The Morgan fingerprint density at radius 3 is 2.88 bits per heavy atom. The molecule has 1 aromatic heterocycles. The molecule has 0 bridgehead atoms. The fourth-order valence-corrected chi connectivity index (χ4v) is 5.82. The fourth-order valence-electron chi connectivity index (χ4n) is 5.82. The quantitative estimate of drug-likeness (QED) is 0.484. The molecule has 0 spiro atoms. The number of allylic oxidation sites excluding steroid dienone is 1. The van der Waals surface area contributed by atoms with Crippen LogP contribution in [-0.4, -0.2) is 70.2 Å². The second kappa shape index (κ2) is 11.3. The number of aromatic nitrogens is 1. The Labute approximate surface area is 233 Å². The van der Waals surface area contributed by atoms with E-state index in [-0.39, 0.29) is 24.8 Å². The van der Waals surface area contributed by atoms with Gasteiger partial charge in [0.05, 0.1) is 19.7 Å². The number of carbonyl (C=O) groups is 3. The number of fused-ring (bicyclic) bond motifs is 3. The molecule has 2 fully saturated rings. The van der Waals surface area contributed by atoms with E-state index in [1.165, 1.54) is 4.90 Å². The number of carboxylic acid groups (broad SMARTS) is 1. The van der Waals surface area contributed by atoms with Crippen molar-refractivity contribution >= 4 is 34.6 Å². The molecular weight excluding hydrogens is 512 g/mol. The van der Waals surface area contributed by atoms with E-state index < -0.39 is 35.6 Å². The third-order valence-electron chi connectivity index (χ3n) is 8.24. The molecule has 2 aliphatic heterocycles. The van der Waals surface area contributed by atoms with Crippen molar-refractivity contribution in [1.82, 2.24) is 15.2 Å². The number of hydrogen-bond donors (Lipinski definition) is 3. The lowest BCUT2D eigenvalue weighted by molar-refractivity contribution is -0.145. The fraction of sp³-hybridized carbons (Fsp3) is 0.467. The lowest BCUT2D eigenvalue weighted by Gasteiger charge is -2.27. The summed E-state index contributed by atoms with van der Waals surface area (Å²) >= 11 is 0. The Bertz CT molecular complexity index is 1360. The first-order valence-corrected chi connectivity index (χ1v) is 13.8. The molecule has 5 atom stereocenters. The Morgan fingerprint density at radius 2 is 2.12 bits per heavy atom. The topological polar surface area (TPSA) is 144 Å². The number of rotatable bonds is 5. The highest BCUT2D eigenvalue weighted by Crippen LogP contribution is 2.45. The van der Waals surface area contributed by atoms with Crippen molar-refractivity contribution in [2.24, 2.45) is 11.7 Å². The summed E-state index contributed by atoms with van der Waals surface area (Å²) in [4.78, 5) is 45.1. The van der Waals surface area contributed by atoms with E-state index in [1.54, 1.807) is 19.4 Å². The molecular formula is C30H36N4O6. The van der Waals surface area contributed by atoms with Gasteiger partial charge in [-0.1, -0.05) is 37.6 Å². The Hall–Kier alpha value is -3.92. The van der Waals surface area contributed by atoms with Crippen LogP contribution in [-0.2, 0) is 14.4 Å². The minimum absolute atomic E-state index is 0.135. The maximum atomic E-state index is 13.6. The van der Waals surface area contributed by atoms with Crippen LogP contribution < -0.4 is 20.5 Å². The van der Waals surface area contributed by atoms with Gasteiger partial charge >= 0.3 is 5.97 Å². The number of aliphatic carboxylic acids is 1. The summed E-state index contributed by atoms with van der Waals surface area (Å²) in [7, 11) is 1.59. The van der Waals surface area contributed by atoms with Crippen molar-refractivity contribution in [2.75, 3.05) is 13.7 Å². The van der Waals surface area contributed by atoms with E-state index in [2.05, 4.69) is 16.9 Å². The van der Waals surface area contributed by atoms with Crippen molar-refractivity contribution in [3.8, 4) is 11.6 Å². The largest absolute Gasteiger partial charge is 0.496 e. The summed E-state index contributed by atoms with van der Waals surface area (Å²) in [6, 6.07) is 3.94.